The Labute approximate surface area is 258 Å². The summed E-state index contributed by atoms with van der Waals surface area (Å²) in [5.41, 5.74) is 2.25. The van der Waals surface area contributed by atoms with E-state index in [2.05, 4.69) is 21.2 Å². The van der Waals surface area contributed by atoms with E-state index in [4.69, 9.17) is 4.74 Å². The molecule has 0 aliphatic carbocycles. The number of hydrogen-bond acceptors (Lipinski definition) is 5. The Morgan fingerprint density at radius 2 is 1.64 bits per heavy atom. The lowest BCUT2D eigenvalue weighted by Gasteiger charge is -2.32. The number of anilines is 1. The van der Waals surface area contributed by atoms with E-state index in [1.54, 1.807) is 29.2 Å². The lowest BCUT2D eigenvalue weighted by atomic mass is 10.0. The Morgan fingerprint density at radius 3 is 2.31 bits per heavy atom. The third-order valence-electron chi connectivity index (χ3n) is 6.65. The lowest BCUT2D eigenvalue weighted by molar-refractivity contribution is -0.141. The van der Waals surface area contributed by atoms with E-state index in [-0.39, 0.29) is 37.7 Å². The molecule has 0 saturated heterocycles. The molecule has 0 fully saturated rings. The fraction of sp³-hybridized carbons (Fsp3) is 0.375. The lowest BCUT2D eigenvalue weighted by Crippen LogP contribution is -2.50. The number of para-hydroxylation sites is 2. The Morgan fingerprint density at radius 1 is 0.952 bits per heavy atom. The van der Waals surface area contributed by atoms with Crippen LogP contribution in [0.15, 0.2) is 83.3 Å². The van der Waals surface area contributed by atoms with Crippen LogP contribution in [0.2, 0.25) is 0 Å². The van der Waals surface area contributed by atoms with Gasteiger partial charge in [0.15, 0.2) is 0 Å². The first-order chi connectivity index (χ1) is 20.1. The van der Waals surface area contributed by atoms with Crippen molar-refractivity contribution in [3.05, 3.63) is 94.5 Å². The predicted molar refractivity (Wildman–Crippen MR) is 171 cm³/mol. The summed E-state index contributed by atoms with van der Waals surface area (Å²) in [5, 5.41) is 2.98. The number of sulfonamides is 1. The van der Waals surface area contributed by atoms with E-state index in [0.29, 0.717) is 31.0 Å². The molecule has 0 aliphatic heterocycles. The summed E-state index contributed by atoms with van der Waals surface area (Å²) in [6, 6.07) is 23.5. The number of rotatable bonds is 16. The first-order valence-electron chi connectivity index (χ1n) is 14.2. The number of amides is 2. The maximum absolute atomic E-state index is 13.9. The van der Waals surface area contributed by atoms with Crippen molar-refractivity contribution < 1.29 is 22.7 Å². The molecule has 42 heavy (non-hydrogen) atoms. The smallest absolute Gasteiger partial charge is 0.243 e. The van der Waals surface area contributed by atoms with Gasteiger partial charge < -0.3 is 15.0 Å². The molecule has 1 atom stereocenters. The molecule has 0 bridgehead atoms. The van der Waals surface area contributed by atoms with Crippen LogP contribution in [0.1, 0.15) is 44.2 Å². The van der Waals surface area contributed by atoms with Gasteiger partial charge in [-0.3, -0.25) is 13.9 Å². The van der Waals surface area contributed by atoms with Gasteiger partial charge in [0.05, 0.1) is 18.6 Å². The summed E-state index contributed by atoms with van der Waals surface area (Å²) < 4.78 is 33.4. The van der Waals surface area contributed by atoms with Crippen LogP contribution >= 0.6 is 15.9 Å². The molecule has 0 radical (unpaired) electrons. The van der Waals surface area contributed by atoms with Gasteiger partial charge in [0.1, 0.15) is 11.8 Å². The number of nitrogens with zero attached hydrogens (tertiary/aromatic N) is 2. The van der Waals surface area contributed by atoms with Crippen LogP contribution < -0.4 is 14.4 Å². The first kappa shape index (κ1) is 33.1. The third kappa shape index (κ3) is 9.87. The van der Waals surface area contributed by atoms with Gasteiger partial charge in [0.2, 0.25) is 21.8 Å². The SMILES string of the molecule is CCCNC(=O)[C@H](Cc1ccccc1)N(Cc1cccc(Br)c1)C(=O)CCCN(c1ccccc1OCC)S(C)(=O)=O. The number of nitrogens with one attached hydrogen (secondary N) is 1. The molecular formula is C32H40BrN3O5S. The standard InChI is InChI=1S/C32H40BrN3O5S/c1-4-20-34-32(38)29(23-25-13-7-6-8-14-25)35(24-26-15-11-16-27(33)22-26)31(37)19-12-21-36(42(3,39)40)28-17-9-10-18-30(28)41-5-2/h6-11,13-18,22,29H,4-5,12,19-21,23-24H2,1-3H3,(H,34,38)/t29-/m0/s1. The second-order valence-corrected chi connectivity index (χ2v) is 12.8. The van der Waals surface area contributed by atoms with E-state index in [1.165, 1.54) is 4.31 Å². The molecule has 3 aromatic carbocycles. The maximum Gasteiger partial charge on any atom is 0.243 e. The Hall–Kier alpha value is -3.37. The van der Waals surface area contributed by atoms with Crippen molar-refractivity contribution in [3.8, 4) is 5.75 Å². The molecule has 3 rings (SSSR count). The van der Waals surface area contributed by atoms with Gasteiger partial charge in [-0.05, 0) is 55.2 Å². The average molecular weight is 659 g/mol. The second kappa shape index (κ2) is 16.3. The van der Waals surface area contributed by atoms with Gasteiger partial charge in [0, 0.05) is 36.9 Å². The zero-order chi connectivity index (χ0) is 30.5. The topological polar surface area (TPSA) is 96.0 Å². The first-order valence-corrected chi connectivity index (χ1v) is 16.8. The Balaban J connectivity index is 1.89. The summed E-state index contributed by atoms with van der Waals surface area (Å²) in [6.45, 7) is 5.03. The zero-order valence-electron chi connectivity index (χ0n) is 24.5. The van der Waals surface area contributed by atoms with Crippen LogP contribution in [0, 0.1) is 0 Å². The molecule has 0 unspecified atom stereocenters. The number of hydrogen-bond donors (Lipinski definition) is 1. The minimum Gasteiger partial charge on any atom is -0.492 e. The van der Waals surface area contributed by atoms with Crippen molar-refractivity contribution in [2.45, 2.75) is 52.1 Å². The zero-order valence-corrected chi connectivity index (χ0v) is 26.9. The predicted octanol–water partition coefficient (Wildman–Crippen LogP) is 5.56. The van der Waals surface area contributed by atoms with E-state index in [0.717, 1.165) is 28.3 Å². The highest BCUT2D eigenvalue weighted by atomic mass is 79.9. The number of halogens is 1. The molecule has 0 spiro atoms. The number of carbonyl (C=O) groups excluding carboxylic acids is 2. The molecule has 0 aromatic heterocycles. The summed E-state index contributed by atoms with van der Waals surface area (Å²) >= 11 is 3.50. The maximum atomic E-state index is 13.9. The Bertz CT molecular complexity index is 1420. The number of benzene rings is 3. The normalized spacial score (nSPS) is 11.9. The molecule has 0 saturated carbocycles. The highest BCUT2D eigenvalue weighted by Gasteiger charge is 2.30. The summed E-state index contributed by atoms with van der Waals surface area (Å²) in [4.78, 5) is 29.0. The third-order valence-corrected chi connectivity index (χ3v) is 8.32. The highest BCUT2D eigenvalue weighted by molar-refractivity contribution is 9.10. The van der Waals surface area contributed by atoms with Crippen LogP contribution in [0.5, 0.6) is 5.75 Å². The number of carbonyl (C=O) groups is 2. The molecule has 226 valence electrons. The summed E-state index contributed by atoms with van der Waals surface area (Å²) in [7, 11) is -3.65. The molecule has 10 heteroatoms. The molecule has 1 N–H and O–H groups in total. The van der Waals surface area contributed by atoms with E-state index >= 15 is 0 Å². The van der Waals surface area contributed by atoms with Crippen molar-refractivity contribution in [2.24, 2.45) is 0 Å². The van der Waals surface area contributed by atoms with Crippen molar-refractivity contribution in [1.29, 1.82) is 0 Å². The molecule has 3 aromatic rings. The summed E-state index contributed by atoms with van der Waals surface area (Å²) in [6.07, 6.45) is 2.59. The van der Waals surface area contributed by atoms with Crippen molar-refractivity contribution in [3.63, 3.8) is 0 Å². The molecule has 8 nitrogen and oxygen atoms in total. The largest absolute Gasteiger partial charge is 0.492 e. The van der Waals surface area contributed by atoms with Crippen molar-refractivity contribution in [1.82, 2.24) is 10.2 Å². The van der Waals surface area contributed by atoms with E-state index in [9.17, 15) is 18.0 Å². The molecule has 2 amide bonds. The van der Waals surface area contributed by atoms with Gasteiger partial charge in [0.25, 0.3) is 0 Å². The van der Waals surface area contributed by atoms with Crippen molar-refractivity contribution in [2.75, 3.05) is 30.3 Å². The Kier molecular flexibility index (Phi) is 12.9. The number of ether oxygens (including phenoxy) is 1. The second-order valence-electron chi connectivity index (χ2n) is 9.99. The molecule has 0 heterocycles. The van der Waals surface area contributed by atoms with Crippen LogP contribution in [0.3, 0.4) is 0 Å². The van der Waals surface area contributed by atoms with Crippen LogP contribution in [0.25, 0.3) is 0 Å². The van der Waals surface area contributed by atoms with Crippen molar-refractivity contribution >= 4 is 43.5 Å². The fourth-order valence-electron chi connectivity index (χ4n) is 4.68. The van der Waals surface area contributed by atoms with Gasteiger partial charge in [-0.25, -0.2) is 8.42 Å². The quantitative estimate of drug-likeness (QED) is 0.218. The monoisotopic (exact) mass is 657 g/mol. The van der Waals surface area contributed by atoms with Gasteiger partial charge in [-0.2, -0.15) is 0 Å². The average Bonchev–Trinajstić information content (AvgIpc) is 2.96. The van der Waals surface area contributed by atoms with Gasteiger partial charge >= 0.3 is 0 Å². The van der Waals surface area contributed by atoms with Gasteiger partial charge in [-0.15, -0.1) is 0 Å². The minimum absolute atomic E-state index is 0.0587. The van der Waals surface area contributed by atoms with Crippen LogP contribution in [0.4, 0.5) is 5.69 Å². The minimum atomic E-state index is -3.65. The highest BCUT2D eigenvalue weighted by Crippen LogP contribution is 2.30. The van der Waals surface area contributed by atoms with E-state index in [1.807, 2.05) is 68.4 Å². The van der Waals surface area contributed by atoms with Crippen LogP contribution in [-0.4, -0.2) is 57.1 Å². The van der Waals surface area contributed by atoms with E-state index < -0.39 is 16.1 Å². The molecule has 0 aliphatic rings. The van der Waals surface area contributed by atoms with Gasteiger partial charge in [-0.1, -0.05) is 77.5 Å². The fourth-order valence-corrected chi connectivity index (χ4v) is 6.09. The van der Waals surface area contributed by atoms with Crippen LogP contribution in [-0.2, 0) is 32.6 Å². The summed E-state index contributed by atoms with van der Waals surface area (Å²) in [5.74, 6) is 0.0186. The molecular weight excluding hydrogens is 618 g/mol.